The molecule has 0 aliphatic rings. The summed E-state index contributed by atoms with van der Waals surface area (Å²) in [6.45, 7) is 0.143. The first-order chi connectivity index (χ1) is 13.7. The topological polar surface area (TPSA) is 68.3 Å². The number of benzene rings is 2. The van der Waals surface area contributed by atoms with E-state index >= 15 is 0 Å². The van der Waals surface area contributed by atoms with Gasteiger partial charge in [-0.25, -0.2) is 8.42 Å². The lowest BCUT2D eigenvalue weighted by Crippen LogP contribution is -2.18. The van der Waals surface area contributed by atoms with Crippen molar-refractivity contribution in [3.8, 4) is 5.75 Å². The largest absolute Gasteiger partial charge is 0.486 e. The summed E-state index contributed by atoms with van der Waals surface area (Å²) in [5.41, 5.74) is -0.594. The van der Waals surface area contributed by atoms with Gasteiger partial charge in [-0.3, -0.25) is 9.71 Å². The van der Waals surface area contributed by atoms with E-state index in [0.29, 0.717) is 11.8 Å². The molecule has 0 aliphatic carbocycles. The van der Waals surface area contributed by atoms with Crippen molar-refractivity contribution in [1.82, 2.24) is 4.98 Å². The number of alkyl halides is 3. The van der Waals surface area contributed by atoms with Crippen LogP contribution in [-0.4, -0.2) is 13.4 Å². The Morgan fingerprint density at radius 3 is 2.41 bits per heavy atom. The van der Waals surface area contributed by atoms with E-state index in [2.05, 4.69) is 9.71 Å². The summed E-state index contributed by atoms with van der Waals surface area (Å²) in [7, 11) is -4.49. The van der Waals surface area contributed by atoms with Gasteiger partial charge in [-0.2, -0.15) is 13.2 Å². The Kier molecular flexibility index (Phi) is 5.99. The lowest BCUT2D eigenvalue weighted by Gasteiger charge is -2.15. The smallest absolute Gasteiger partial charge is 0.417 e. The highest BCUT2D eigenvalue weighted by Gasteiger charge is 2.36. The molecule has 3 rings (SSSR count). The van der Waals surface area contributed by atoms with Crippen molar-refractivity contribution in [1.29, 1.82) is 0 Å². The van der Waals surface area contributed by atoms with E-state index in [4.69, 9.17) is 16.3 Å². The lowest BCUT2D eigenvalue weighted by atomic mass is 10.2. The summed E-state index contributed by atoms with van der Waals surface area (Å²) in [4.78, 5) is 3.22. The van der Waals surface area contributed by atoms with Crippen LogP contribution < -0.4 is 9.46 Å². The molecule has 1 heterocycles. The van der Waals surface area contributed by atoms with Gasteiger partial charge in [0.15, 0.2) is 0 Å². The SMILES string of the molecule is O=S(=O)(Nc1ccc(OCc2ccccn2)c(Cl)c1)c1ccccc1C(F)(F)F. The molecule has 0 fully saturated rings. The first-order valence-corrected chi connectivity index (χ1v) is 10.0. The molecule has 1 aromatic heterocycles. The molecule has 0 bridgehead atoms. The zero-order valence-electron chi connectivity index (χ0n) is 14.7. The van der Waals surface area contributed by atoms with Crippen molar-refractivity contribution in [2.24, 2.45) is 0 Å². The average Bonchev–Trinajstić information content (AvgIpc) is 2.67. The number of sulfonamides is 1. The van der Waals surface area contributed by atoms with E-state index in [0.717, 1.165) is 12.1 Å². The van der Waals surface area contributed by atoms with Crippen LogP contribution in [0.3, 0.4) is 0 Å². The van der Waals surface area contributed by atoms with E-state index in [9.17, 15) is 21.6 Å². The van der Waals surface area contributed by atoms with Crippen LogP contribution in [0.1, 0.15) is 11.3 Å². The van der Waals surface area contributed by atoms with Gasteiger partial charge < -0.3 is 4.74 Å². The molecule has 0 atom stereocenters. The molecule has 0 saturated heterocycles. The van der Waals surface area contributed by atoms with Gasteiger partial charge in [0.25, 0.3) is 10.0 Å². The maximum absolute atomic E-state index is 13.1. The van der Waals surface area contributed by atoms with Crippen molar-refractivity contribution >= 4 is 27.3 Å². The summed E-state index contributed by atoms with van der Waals surface area (Å²) in [5.74, 6) is 0.274. The number of halogens is 4. The minimum Gasteiger partial charge on any atom is -0.486 e. The van der Waals surface area contributed by atoms with Crippen LogP contribution in [0.25, 0.3) is 0 Å². The Balaban J connectivity index is 1.79. The molecule has 10 heteroatoms. The normalized spacial score (nSPS) is 11.9. The molecule has 152 valence electrons. The standard InChI is InChI=1S/C19H14ClF3N2O3S/c20-16-11-13(8-9-17(16)28-12-14-5-3-4-10-24-14)25-29(26,27)18-7-2-1-6-15(18)19(21,22)23/h1-11,25H,12H2. The highest BCUT2D eigenvalue weighted by molar-refractivity contribution is 7.92. The molecule has 0 amide bonds. The van der Waals surface area contributed by atoms with Crippen molar-refractivity contribution in [3.05, 3.63) is 83.1 Å². The van der Waals surface area contributed by atoms with Crippen molar-refractivity contribution in [2.45, 2.75) is 17.7 Å². The number of pyridine rings is 1. The first kappa shape index (κ1) is 20.9. The predicted molar refractivity (Wildman–Crippen MR) is 102 cm³/mol. The third kappa shape index (κ3) is 5.18. The fourth-order valence-corrected chi connectivity index (χ4v) is 3.98. The molecule has 0 spiro atoms. The van der Waals surface area contributed by atoms with Crippen LogP contribution >= 0.6 is 11.6 Å². The molecule has 0 radical (unpaired) electrons. The minimum absolute atomic E-state index is 0.00263. The predicted octanol–water partition coefficient (Wildman–Crippen LogP) is 5.13. The van der Waals surface area contributed by atoms with E-state index in [1.54, 1.807) is 24.4 Å². The lowest BCUT2D eigenvalue weighted by molar-refractivity contribution is -0.139. The Morgan fingerprint density at radius 2 is 1.76 bits per heavy atom. The monoisotopic (exact) mass is 442 g/mol. The fourth-order valence-electron chi connectivity index (χ4n) is 2.46. The van der Waals surface area contributed by atoms with E-state index in [-0.39, 0.29) is 23.1 Å². The summed E-state index contributed by atoms with van der Waals surface area (Å²) in [6.07, 6.45) is -3.21. The number of nitrogens with one attached hydrogen (secondary N) is 1. The first-order valence-electron chi connectivity index (χ1n) is 8.18. The maximum Gasteiger partial charge on any atom is 0.417 e. The van der Waals surface area contributed by atoms with E-state index in [1.165, 1.54) is 24.3 Å². The Morgan fingerprint density at radius 1 is 1.03 bits per heavy atom. The van der Waals surface area contributed by atoms with Gasteiger partial charge >= 0.3 is 6.18 Å². The van der Waals surface area contributed by atoms with Gasteiger partial charge in [0, 0.05) is 6.20 Å². The molecule has 3 aromatic rings. The number of hydrogen-bond acceptors (Lipinski definition) is 4. The molecule has 0 saturated carbocycles. The minimum atomic E-state index is -4.81. The number of anilines is 1. The zero-order chi connectivity index (χ0) is 21.1. The Hall–Kier alpha value is -2.78. The molecule has 29 heavy (non-hydrogen) atoms. The third-order valence-corrected chi connectivity index (χ3v) is 5.50. The van der Waals surface area contributed by atoms with Crippen LogP contribution in [-0.2, 0) is 22.8 Å². The highest BCUT2D eigenvalue weighted by Crippen LogP contribution is 2.35. The maximum atomic E-state index is 13.1. The molecule has 1 N–H and O–H groups in total. The van der Waals surface area contributed by atoms with Crippen molar-refractivity contribution in [2.75, 3.05) is 4.72 Å². The van der Waals surface area contributed by atoms with Gasteiger partial charge in [-0.05, 0) is 42.5 Å². The average molecular weight is 443 g/mol. The number of hydrogen-bond donors (Lipinski definition) is 1. The number of aromatic nitrogens is 1. The Bertz CT molecular complexity index is 1110. The van der Waals surface area contributed by atoms with Gasteiger partial charge in [0.1, 0.15) is 12.4 Å². The Labute approximate surface area is 170 Å². The van der Waals surface area contributed by atoms with Gasteiger partial charge in [-0.15, -0.1) is 0 Å². The fraction of sp³-hybridized carbons (Fsp3) is 0.105. The second-order valence-corrected chi connectivity index (χ2v) is 7.91. The van der Waals surface area contributed by atoms with E-state index < -0.39 is 26.7 Å². The van der Waals surface area contributed by atoms with Gasteiger partial charge in [0.05, 0.1) is 26.9 Å². The van der Waals surface area contributed by atoms with Gasteiger partial charge in [-0.1, -0.05) is 29.8 Å². The second-order valence-electron chi connectivity index (χ2n) is 5.85. The molecule has 0 aliphatic heterocycles. The zero-order valence-corrected chi connectivity index (χ0v) is 16.2. The molecular weight excluding hydrogens is 429 g/mol. The van der Waals surface area contributed by atoms with Crippen LogP contribution in [0.4, 0.5) is 18.9 Å². The summed E-state index contributed by atoms with van der Waals surface area (Å²) < 4.78 is 72.0. The summed E-state index contributed by atoms with van der Waals surface area (Å²) in [6, 6.07) is 13.2. The van der Waals surface area contributed by atoms with Crippen molar-refractivity contribution in [3.63, 3.8) is 0 Å². The molecule has 2 aromatic carbocycles. The third-order valence-electron chi connectivity index (χ3n) is 3.77. The molecule has 5 nitrogen and oxygen atoms in total. The quantitative estimate of drug-likeness (QED) is 0.574. The highest BCUT2D eigenvalue weighted by atomic mass is 35.5. The molecular formula is C19H14ClF3N2O3S. The summed E-state index contributed by atoms with van der Waals surface area (Å²) >= 11 is 6.11. The number of ether oxygens (including phenoxy) is 1. The van der Waals surface area contributed by atoms with Crippen LogP contribution in [0.15, 0.2) is 71.8 Å². The van der Waals surface area contributed by atoms with Crippen LogP contribution in [0, 0.1) is 0 Å². The van der Waals surface area contributed by atoms with Crippen LogP contribution in [0.5, 0.6) is 5.75 Å². The molecule has 0 unspecified atom stereocenters. The van der Waals surface area contributed by atoms with Crippen LogP contribution in [0.2, 0.25) is 5.02 Å². The van der Waals surface area contributed by atoms with E-state index in [1.807, 2.05) is 0 Å². The summed E-state index contributed by atoms with van der Waals surface area (Å²) in [5, 5.41) is 0.0882. The second kappa shape index (κ2) is 8.30. The van der Waals surface area contributed by atoms with Gasteiger partial charge in [0.2, 0.25) is 0 Å². The van der Waals surface area contributed by atoms with Crippen molar-refractivity contribution < 1.29 is 26.3 Å². The number of nitrogens with zero attached hydrogens (tertiary/aromatic N) is 1. The number of rotatable bonds is 6.